The molecule has 0 spiro atoms. The fourth-order valence-corrected chi connectivity index (χ4v) is 3.26. The van der Waals surface area contributed by atoms with E-state index in [1.807, 2.05) is 0 Å². The maximum absolute atomic E-state index is 3.52. The zero-order valence-electron chi connectivity index (χ0n) is 13.7. The van der Waals surface area contributed by atoms with Gasteiger partial charge in [0, 0.05) is 22.2 Å². The molecule has 24 heavy (non-hydrogen) atoms. The van der Waals surface area contributed by atoms with Gasteiger partial charge in [-0.3, -0.25) is 0 Å². The van der Waals surface area contributed by atoms with Gasteiger partial charge in [0.2, 0.25) is 0 Å². The van der Waals surface area contributed by atoms with Gasteiger partial charge in [0.05, 0.1) is 0 Å². The Balaban J connectivity index is 1.99. The molecule has 116 valence electrons. The summed E-state index contributed by atoms with van der Waals surface area (Å²) in [6, 6.07) is 29.6. The largest absolute Gasteiger partial charge is 0.358 e. The predicted octanol–water partition coefficient (Wildman–Crippen LogP) is 6.07. The second-order valence-corrected chi connectivity index (χ2v) is 6.01. The van der Waals surface area contributed by atoms with Crippen LogP contribution in [0.3, 0.4) is 0 Å². The van der Waals surface area contributed by atoms with E-state index in [9.17, 15) is 0 Å². The average Bonchev–Trinajstić information content (AvgIpc) is 2.97. The molecule has 1 nitrogen and oxygen atoms in total. The second-order valence-electron chi connectivity index (χ2n) is 6.01. The van der Waals surface area contributed by atoms with E-state index in [4.69, 9.17) is 0 Å². The first kappa shape index (κ1) is 14.5. The molecule has 0 saturated carbocycles. The molecule has 0 radical (unpaired) electrons. The topological polar surface area (TPSA) is 15.8 Å². The van der Waals surface area contributed by atoms with Gasteiger partial charge in [-0.05, 0) is 35.8 Å². The number of nitrogens with one attached hydrogen (secondary N) is 1. The van der Waals surface area contributed by atoms with Crippen molar-refractivity contribution in [1.82, 2.24) is 4.98 Å². The lowest BCUT2D eigenvalue weighted by Gasteiger charge is -2.10. The van der Waals surface area contributed by atoms with Crippen LogP contribution in [0.5, 0.6) is 0 Å². The SMILES string of the molecule is Cc1[nH]c2ccccc2c1/C(=C\c1ccccc1)c1ccccc1. The number of rotatable bonds is 3. The summed E-state index contributed by atoms with van der Waals surface area (Å²) in [6.45, 7) is 2.15. The van der Waals surface area contributed by atoms with Crippen LogP contribution in [0.4, 0.5) is 0 Å². The Hall–Kier alpha value is -3.06. The van der Waals surface area contributed by atoms with Gasteiger partial charge in [0.15, 0.2) is 0 Å². The van der Waals surface area contributed by atoms with Crippen molar-refractivity contribution in [3.05, 3.63) is 107 Å². The number of hydrogen-bond donors (Lipinski definition) is 1. The van der Waals surface area contributed by atoms with Crippen molar-refractivity contribution in [2.45, 2.75) is 6.92 Å². The summed E-state index contributed by atoms with van der Waals surface area (Å²) in [5, 5.41) is 1.26. The zero-order chi connectivity index (χ0) is 16.4. The van der Waals surface area contributed by atoms with E-state index >= 15 is 0 Å². The molecule has 0 aliphatic carbocycles. The van der Waals surface area contributed by atoms with Gasteiger partial charge in [-0.1, -0.05) is 78.9 Å². The van der Waals surface area contributed by atoms with E-state index in [1.165, 1.54) is 38.9 Å². The standard InChI is InChI=1S/C23H19N/c1-17-23(20-14-8-9-15-22(20)24-17)21(19-12-6-3-7-13-19)16-18-10-4-2-5-11-18/h2-16,24H,1H3/b21-16-. The lowest BCUT2D eigenvalue weighted by Crippen LogP contribution is -1.90. The molecule has 1 heterocycles. The molecule has 0 fully saturated rings. The Morgan fingerprint density at radius 3 is 2.12 bits per heavy atom. The maximum atomic E-state index is 3.52. The first-order chi connectivity index (χ1) is 11.8. The molecule has 0 bridgehead atoms. The highest BCUT2D eigenvalue weighted by atomic mass is 14.7. The van der Waals surface area contributed by atoms with Gasteiger partial charge in [-0.25, -0.2) is 0 Å². The fourth-order valence-electron chi connectivity index (χ4n) is 3.26. The summed E-state index contributed by atoms with van der Waals surface area (Å²) in [6.07, 6.45) is 2.28. The lowest BCUT2D eigenvalue weighted by molar-refractivity contribution is 1.28. The van der Waals surface area contributed by atoms with Gasteiger partial charge in [-0.2, -0.15) is 0 Å². The zero-order valence-corrected chi connectivity index (χ0v) is 13.7. The molecule has 0 unspecified atom stereocenters. The summed E-state index contributed by atoms with van der Waals surface area (Å²) in [7, 11) is 0. The summed E-state index contributed by atoms with van der Waals surface area (Å²) >= 11 is 0. The number of hydrogen-bond acceptors (Lipinski definition) is 0. The van der Waals surface area contributed by atoms with Crippen LogP contribution in [0.2, 0.25) is 0 Å². The van der Waals surface area contributed by atoms with Gasteiger partial charge < -0.3 is 4.98 Å². The molecule has 0 aliphatic rings. The Kier molecular flexibility index (Phi) is 3.76. The van der Waals surface area contributed by atoms with Crippen molar-refractivity contribution in [1.29, 1.82) is 0 Å². The number of aryl methyl sites for hydroxylation is 1. The minimum absolute atomic E-state index is 1.18. The first-order valence-corrected chi connectivity index (χ1v) is 8.23. The van der Waals surface area contributed by atoms with Gasteiger partial charge >= 0.3 is 0 Å². The van der Waals surface area contributed by atoms with Gasteiger partial charge in [0.25, 0.3) is 0 Å². The number of para-hydroxylation sites is 1. The second kappa shape index (κ2) is 6.21. The highest BCUT2D eigenvalue weighted by Gasteiger charge is 2.14. The molecule has 0 saturated heterocycles. The van der Waals surface area contributed by atoms with E-state index in [-0.39, 0.29) is 0 Å². The lowest BCUT2D eigenvalue weighted by atomic mass is 9.93. The van der Waals surface area contributed by atoms with Crippen LogP contribution < -0.4 is 0 Å². The normalized spacial score (nSPS) is 11.8. The summed E-state index contributed by atoms with van der Waals surface area (Å²) in [5.74, 6) is 0. The minimum Gasteiger partial charge on any atom is -0.358 e. The van der Waals surface area contributed by atoms with Gasteiger partial charge in [0.1, 0.15) is 0 Å². The average molecular weight is 309 g/mol. The predicted molar refractivity (Wildman–Crippen MR) is 103 cm³/mol. The monoisotopic (exact) mass is 309 g/mol. The number of fused-ring (bicyclic) bond motifs is 1. The van der Waals surface area contributed by atoms with Crippen molar-refractivity contribution in [2.24, 2.45) is 0 Å². The summed E-state index contributed by atoms with van der Waals surface area (Å²) in [4.78, 5) is 3.52. The quantitative estimate of drug-likeness (QED) is 0.442. The van der Waals surface area contributed by atoms with E-state index < -0.39 is 0 Å². The number of aromatic amines is 1. The molecule has 4 aromatic rings. The molecule has 1 N–H and O–H groups in total. The Morgan fingerprint density at radius 1 is 0.750 bits per heavy atom. The van der Waals surface area contributed by atoms with Crippen molar-refractivity contribution < 1.29 is 0 Å². The molecule has 0 aliphatic heterocycles. The minimum atomic E-state index is 1.18. The Morgan fingerprint density at radius 2 is 1.38 bits per heavy atom. The molecule has 4 rings (SSSR count). The number of benzene rings is 3. The third-order valence-corrected chi connectivity index (χ3v) is 4.36. The van der Waals surface area contributed by atoms with Crippen molar-refractivity contribution in [2.75, 3.05) is 0 Å². The van der Waals surface area contributed by atoms with Crippen LogP contribution in [0, 0.1) is 6.92 Å². The number of H-pyrrole nitrogens is 1. The Bertz CT molecular complexity index is 992. The van der Waals surface area contributed by atoms with Gasteiger partial charge in [-0.15, -0.1) is 0 Å². The van der Waals surface area contributed by atoms with Crippen LogP contribution in [0.25, 0.3) is 22.6 Å². The summed E-state index contributed by atoms with van der Waals surface area (Å²) < 4.78 is 0. The van der Waals surface area contributed by atoms with E-state index in [0.29, 0.717) is 0 Å². The van der Waals surface area contributed by atoms with Crippen molar-refractivity contribution >= 4 is 22.6 Å². The first-order valence-electron chi connectivity index (χ1n) is 8.23. The molecule has 1 heteroatoms. The molecule has 1 aromatic heterocycles. The number of aromatic nitrogens is 1. The van der Waals surface area contributed by atoms with E-state index in [2.05, 4.69) is 103 Å². The van der Waals surface area contributed by atoms with E-state index in [0.717, 1.165) is 0 Å². The molecule has 3 aromatic carbocycles. The smallest absolute Gasteiger partial charge is 0.0462 e. The molecule has 0 atom stereocenters. The highest BCUT2D eigenvalue weighted by Crippen LogP contribution is 2.34. The van der Waals surface area contributed by atoms with Crippen LogP contribution in [0.15, 0.2) is 84.9 Å². The van der Waals surface area contributed by atoms with Crippen LogP contribution in [-0.2, 0) is 0 Å². The third-order valence-electron chi connectivity index (χ3n) is 4.36. The summed E-state index contributed by atoms with van der Waals surface area (Å²) in [5.41, 5.74) is 7.34. The van der Waals surface area contributed by atoms with Crippen LogP contribution >= 0.6 is 0 Å². The Labute approximate surface area is 142 Å². The van der Waals surface area contributed by atoms with Crippen molar-refractivity contribution in [3.63, 3.8) is 0 Å². The highest BCUT2D eigenvalue weighted by molar-refractivity contribution is 6.03. The van der Waals surface area contributed by atoms with Crippen molar-refractivity contribution in [3.8, 4) is 0 Å². The third kappa shape index (κ3) is 2.65. The maximum Gasteiger partial charge on any atom is 0.0462 e. The van der Waals surface area contributed by atoms with Crippen LogP contribution in [-0.4, -0.2) is 4.98 Å². The molecular weight excluding hydrogens is 290 g/mol. The molecular formula is C23H19N. The van der Waals surface area contributed by atoms with Crippen LogP contribution in [0.1, 0.15) is 22.4 Å². The molecule has 0 amide bonds. The fraction of sp³-hybridized carbons (Fsp3) is 0.0435. The van der Waals surface area contributed by atoms with E-state index in [1.54, 1.807) is 0 Å².